The van der Waals surface area contributed by atoms with Gasteiger partial charge in [-0.2, -0.15) is 0 Å². The molecule has 1 aliphatic carbocycles. The lowest BCUT2D eigenvalue weighted by molar-refractivity contribution is -0.129. The maximum atomic E-state index is 12.1. The van der Waals surface area contributed by atoms with E-state index in [9.17, 15) is 13.2 Å². The molecule has 1 rings (SSSR count). The standard InChI is InChI=1S/C13H24O3S/c1-3-17(15,16)11-7-8-12(14)13(2)9-5-4-6-10-13/h3-11H2,1-2H3. The van der Waals surface area contributed by atoms with Gasteiger partial charge in [-0.1, -0.05) is 33.1 Å². The number of carbonyl (C=O) groups excluding carboxylic acids is 1. The van der Waals surface area contributed by atoms with E-state index in [-0.39, 0.29) is 22.7 Å². The Morgan fingerprint density at radius 3 is 2.29 bits per heavy atom. The number of sulfone groups is 1. The van der Waals surface area contributed by atoms with Crippen molar-refractivity contribution in [2.24, 2.45) is 5.41 Å². The monoisotopic (exact) mass is 260 g/mol. The van der Waals surface area contributed by atoms with Gasteiger partial charge in [0.05, 0.1) is 5.75 Å². The predicted octanol–water partition coefficient (Wildman–Crippen LogP) is 2.74. The van der Waals surface area contributed by atoms with E-state index in [1.54, 1.807) is 6.92 Å². The van der Waals surface area contributed by atoms with Gasteiger partial charge in [-0.15, -0.1) is 0 Å². The zero-order valence-electron chi connectivity index (χ0n) is 11.0. The Hall–Kier alpha value is -0.380. The smallest absolute Gasteiger partial charge is 0.150 e. The SMILES string of the molecule is CCS(=O)(=O)CCCC(=O)C1(C)CCCCC1. The van der Waals surface area contributed by atoms with E-state index in [1.165, 1.54) is 6.42 Å². The first-order chi connectivity index (χ1) is 7.90. The molecule has 0 bridgehead atoms. The van der Waals surface area contributed by atoms with Crippen molar-refractivity contribution in [3.8, 4) is 0 Å². The third-order valence-electron chi connectivity index (χ3n) is 3.93. The molecule has 0 spiro atoms. The molecule has 0 aliphatic heterocycles. The molecule has 17 heavy (non-hydrogen) atoms. The largest absolute Gasteiger partial charge is 0.299 e. The summed E-state index contributed by atoms with van der Waals surface area (Å²) in [4.78, 5) is 12.1. The average molecular weight is 260 g/mol. The van der Waals surface area contributed by atoms with Crippen molar-refractivity contribution in [1.82, 2.24) is 0 Å². The first kappa shape index (κ1) is 14.7. The van der Waals surface area contributed by atoms with Gasteiger partial charge in [0.2, 0.25) is 0 Å². The molecule has 0 N–H and O–H groups in total. The van der Waals surface area contributed by atoms with E-state index in [1.807, 2.05) is 6.92 Å². The molecule has 0 saturated heterocycles. The Morgan fingerprint density at radius 1 is 1.18 bits per heavy atom. The van der Waals surface area contributed by atoms with Crippen LogP contribution in [-0.4, -0.2) is 25.7 Å². The van der Waals surface area contributed by atoms with Crippen LogP contribution in [0, 0.1) is 5.41 Å². The third-order valence-corrected chi connectivity index (χ3v) is 5.72. The lowest BCUT2D eigenvalue weighted by atomic mass is 9.72. The topological polar surface area (TPSA) is 51.2 Å². The highest BCUT2D eigenvalue weighted by molar-refractivity contribution is 7.91. The van der Waals surface area contributed by atoms with Crippen LogP contribution < -0.4 is 0 Å². The highest BCUT2D eigenvalue weighted by Crippen LogP contribution is 2.37. The van der Waals surface area contributed by atoms with Crippen molar-refractivity contribution in [2.45, 2.75) is 58.8 Å². The second kappa shape index (κ2) is 5.98. The van der Waals surface area contributed by atoms with Crippen molar-refractivity contribution in [3.63, 3.8) is 0 Å². The number of carbonyl (C=O) groups is 1. The highest BCUT2D eigenvalue weighted by Gasteiger charge is 2.33. The Morgan fingerprint density at radius 2 is 1.76 bits per heavy atom. The summed E-state index contributed by atoms with van der Waals surface area (Å²) in [7, 11) is -2.92. The lowest BCUT2D eigenvalue weighted by Gasteiger charge is -2.32. The van der Waals surface area contributed by atoms with E-state index in [4.69, 9.17) is 0 Å². The van der Waals surface area contributed by atoms with Crippen LogP contribution >= 0.6 is 0 Å². The Balaban J connectivity index is 2.39. The van der Waals surface area contributed by atoms with E-state index in [0.717, 1.165) is 25.7 Å². The Bertz CT molecular complexity index is 351. The van der Waals surface area contributed by atoms with Crippen LogP contribution in [0.2, 0.25) is 0 Å². The number of rotatable bonds is 6. The molecule has 0 aromatic rings. The summed E-state index contributed by atoms with van der Waals surface area (Å²) in [6, 6.07) is 0. The molecule has 1 fully saturated rings. The van der Waals surface area contributed by atoms with Gasteiger partial charge in [0.1, 0.15) is 15.6 Å². The van der Waals surface area contributed by atoms with Gasteiger partial charge < -0.3 is 0 Å². The molecule has 0 radical (unpaired) electrons. The fraction of sp³-hybridized carbons (Fsp3) is 0.923. The lowest BCUT2D eigenvalue weighted by Crippen LogP contribution is -2.30. The minimum Gasteiger partial charge on any atom is -0.299 e. The van der Waals surface area contributed by atoms with Gasteiger partial charge in [0, 0.05) is 17.6 Å². The van der Waals surface area contributed by atoms with Crippen molar-refractivity contribution in [3.05, 3.63) is 0 Å². The van der Waals surface area contributed by atoms with Gasteiger partial charge >= 0.3 is 0 Å². The first-order valence-electron chi connectivity index (χ1n) is 6.63. The van der Waals surface area contributed by atoms with Crippen molar-refractivity contribution in [1.29, 1.82) is 0 Å². The molecule has 4 heteroatoms. The fourth-order valence-corrected chi connectivity index (χ4v) is 3.38. The summed E-state index contributed by atoms with van der Waals surface area (Å²) in [6.45, 7) is 3.70. The molecule has 0 heterocycles. The summed E-state index contributed by atoms with van der Waals surface area (Å²) in [5, 5.41) is 0. The summed E-state index contributed by atoms with van der Waals surface area (Å²) in [6.07, 6.45) is 6.37. The van der Waals surface area contributed by atoms with Crippen LogP contribution in [-0.2, 0) is 14.6 Å². The van der Waals surface area contributed by atoms with Crippen LogP contribution in [0.4, 0.5) is 0 Å². The molecule has 1 aliphatic rings. The van der Waals surface area contributed by atoms with Crippen molar-refractivity contribution < 1.29 is 13.2 Å². The molecule has 0 aromatic carbocycles. The van der Waals surface area contributed by atoms with Crippen molar-refractivity contribution >= 4 is 15.6 Å². The summed E-state index contributed by atoms with van der Waals surface area (Å²) >= 11 is 0. The molecule has 3 nitrogen and oxygen atoms in total. The number of hydrogen-bond acceptors (Lipinski definition) is 3. The molecular formula is C13H24O3S. The second-order valence-electron chi connectivity index (χ2n) is 5.38. The zero-order chi connectivity index (χ0) is 12.9. The number of Topliss-reactive ketones (excluding diaryl/α,β-unsaturated/α-hetero) is 1. The van der Waals surface area contributed by atoms with E-state index in [0.29, 0.717) is 12.8 Å². The Labute approximate surface area is 105 Å². The summed E-state index contributed by atoms with van der Waals surface area (Å²) < 4.78 is 22.7. The quantitative estimate of drug-likeness (QED) is 0.738. The van der Waals surface area contributed by atoms with Crippen LogP contribution in [0.1, 0.15) is 58.8 Å². The van der Waals surface area contributed by atoms with Crippen LogP contribution in [0.3, 0.4) is 0 Å². The van der Waals surface area contributed by atoms with Gasteiger partial charge in [-0.25, -0.2) is 8.42 Å². The molecule has 0 unspecified atom stereocenters. The van der Waals surface area contributed by atoms with Crippen LogP contribution in [0.5, 0.6) is 0 Å². The highest BCUT2D eigenvalue weighted by atomic mass is 32.2. The van der Waals surface area contributed by atoms with E-state index in [2.05, 4.69) is 0 Å². The van der Waals surface area contributed by atoms with Gasteiger partial charge in [-0.05, 0) is 19.3 Å². The molecule has 1 saturated carbocycles. The zero-order valence-corrected chi connectivity index (χ0v) is 11.8. The molecule has 0 amide bonds. The van der Waals surface area contributed by atoms with Crippen LogP contribution in [0.15, 0.2) is 0 Å². The molecule has 0 aromatic heterocycles. The normalized spacial score (nSPS) is 20.1. The maximum absolute atomic E-state index is 12.1. The van der Waals surface area contributed by atoms with Gasteiger partial charge in [-0.3, -0.25) is 4.79 Å². The van der Waals surface area contributed by atoms with E-state index >= 15 is 0 Å². The minimum atomic E-state index is -2.92. The van der Waals surface area contributed by atoms with Crippen molar-refractivity contribution in [2.75, 3.05) is 11.5 Å². The number of ketones is 1. The fourth-order valence-electron chi connectivity index (χ4n) is 2.51. The molecule has 100 valence electrons. The minimum absolute atomic E-state index is 0.158. The molecule has 0 atom stereocenters. The summed E-state index contributed by atoms with van der Waals surface area (Å²) in [5.41, 5.74) is -0.172. The van der Waals surface area contributed by atoms with E-state index < -0.39 is 9.84 Å². The maximum Gasteiger partial charge on any atom is 0.150 e. The second-order valence-corrected chi connectivity index (χ2v) is 7.86. The predicted molar refractivity (Wildman–Crippen MR) is 69.8 cm³/mol. The van der Waals surface area contributed by atoms with Gasteiger partial charge in [0.15, 0.2) is 0 Å². The van der Waals surface area contributed by atoms with Crippen LogP contribution in [0.25, 0.3) is 0 Å². The summed E-state index contributed by atoms with van der Waals surface area (Å²) in [5.74, 6) is 0.604. The number of hydrogen-bond donors (Lipinski definition) is 0. The Kier molecular flexibility index (Phi) is 5.17. The van der Waals surface area contributed by atoms with Gasteiger partial charge in [0.25, 0.3) is 0 Å². The third kappa shape index (κ3) is 4.41. The molecular weight excluding hydrogens is 236 g/mol. The average Bonchev–Trinajstić information content (AvgIpc) is 2.29. The first-order valence-corrected chi connectivity index (χ1v) is 8.45.